The smallest absolute Gasteiger partial charge is 0.341 e. The number of aromatic nitrogens is 5. The van der Waals surface area contributed by atoms with Crippen molar-refractivity contribution in [2.24, 2.45) is 0 Å². The molecule has 0 spiro atoms. The van der Waals surface area contributed by atoms with Gasteiger partial charge in [-0.25, -0.2) is 14.3 Å². The van der Waals surface area contributed by atoms with Crippen LogP contribution >= 0.6 is 0 Å². The van der Waals surface area contributed by atoms with E-state index in [2.05, 4.69) is 20.1 Å². The van der Waals surface area contributed by atoms with E-state index in [1.807, 2.05) is 12.1 Å². The van der Waals surface area contributed by atoms with Crippen molar-refractivity contribution in [1.82, 2.24) is 24.6 Å². The van der Waals surface area contributed by atoms with Gasteiger partial charge in [0.15, 0.2) is 5.82 Å². The van der Waals surface area contributed by atoms with Gasteiger partial charge >= 0.3 is 5.97 Å². The first-order valence-corrected chi connectivity index (χ1v) is 6.93. The zero-order valence-corrected chi connectivity index (χ0v) is 12.6. The Bertz CT molecular complexity index is 842. The number of ether oxygens (including phenoxy) is 1. The van der Waals surface area contributed by atoms with E-state index in [0.29, 0.717) is 35.2 Å². The van der Waals surface area contributed by atoms with Gasteiger partial charge in [-0.2, -0.15) is 4.98 Å². The van der Waals surface area contributed by atoms with Gasteiger partial charge in [0.25, 0.3) is 5.78 Å². The summed E-state index contributed by atoms with van der Waals surface area (Å²) in [5, 5.41) is 4.43. The van der Waals surface area contributed by atoms with Crippen LogP contribution in [0.4, 0.5) is 0 Å². The molecule has 0 amide bonds. The summed E-state index contributed by atoms with van der Waals surface area (Å²) in [4.78, 5) is 24.8. The van der Waals surface area contributed by atoms with Crippen LogP contribution in [-0.4, -0.2) is 37.1 Å². The summed E-state index contributed by atoms with van der Waals surface area (Å²) in [6.07, 6.45) is 3.35. The molecule has 3 heterocycles. The maximum absolute atomic E-state index is 12.1. The predicted octanol–water partition coefficient (Wildman–Crippen LogP) is 1.98. The van der Waals surface area contributed by atoms with Gasteiger partial charge in [0, 0.05) is 18.0 Å². The molecule has 7 heteroatoms. The maximum atomic E-state index is 12.1. The maximum Gasteiger partial charge on any atom is 0.341 e. The molecule has 0 saturated carbocycles. The summed E-state index contributed by atoms with van der Waals surface area (Å²) in [5.74, 6) is 0.598. The van der Waals surface area contributed by atoms with Crippen LogP contribution in [0.15, 0.2) is 24.5 Å². The molecule has 0 aromatic carbocycles. The van der Waals surface area contributed by atoms with Gasteiger partial charge < -0.3 is 4.74 Å². The molecule has 0 saturated heterocycles. The minimum absolute atomic E-state index is 0.315. The molecule has 0 atom stereocenters. The van der Waals surface area contributed by atoms with Gasteiger partial charge in [-0.15, -0.1) is 5.10 Å². The Morgan fingerprint density at radius 3 is 2.64 bits per heavy atom. The molecule has 3 aromatic heterocycles. The van der Waals surface area contributed by atoms with Gasteiger partial charge in [0.05, 0.1) is 18.0 Å². The van der Waals surface area contributed by atoms with Crippen molar-refractivity contribution in [2.45, 2.75) is 20.8 Å². The third kappa shape index (κ3) is 2.30. The molecule has 3 aromatic rings. The summed E-state index contributed by atoms with van der Waals surface area (Å²) >= 11 is 0. The lowest BCUT2D eigenvalue weighted by Gasteiger charge is -2.08. The number of nitrogens with zero attached hydrogens (tertiary/aromatic N) is 5. The Hall–Kier alpha value is -2.83. The SMILES string of the molecule is CCOC(=O)c1c(C)nc2nc(-c3ccncc3)nn2c1C. The fourth-order valence-corrected chi connectivity index (χ4v) is 2.30. The second kappa shape index (κ2) is 5.51. The van der Waals surface area contributed by atoms with Crippen molar-refractivity contribution >= 4 is 11.7 Å². The molecule has 22 heavy (non-hydrogen) atoms. The van der Waals surface area contributed by atoms with Crippen molar-refractivity contribution in [3.63, 3.8) is 0 Å². The Labute approximate surface area is 127 Å². The van der Waals surface area contributed by atoms with Gasteiger partial charge in [-0.05, 0) is 32.9 Å². The van der Waals surface area contributed by atoms with Crippen LogP contribution in [0.3, 0.4) is 0 Å². The van der Waals surface area contributed by atoms with Crippen molar-refractivity contribution in [2.75, 3.05) is 6.61 Å². The second-order valence-corrected chi connectivity index (χ2v) is 4.76. The number of rotatable bonds is 3. The summed E-state index contributed by atoms with van der Waals surface area (Å²) in [7, 11) is 0. The normalized spacial score (nSPS) is 10.9. The van der Waals surface area contributed by atoms with Crippen LogP contribution in [0, 0.1) is 13.8 Å². The van der Waals surface area contributed by atoms with Crippen molar-refractivity contribution < 1.29 is 9.53 Å². The summed E-state index contributed by atoms with van der Waals surface area (Å²) < 4.78 is 6.65. The highest BCUT2D eigenvalue weighted by atomic mass is 16.5. The van der Waals surface area contributed by atoms with E-state index in [1.54, 1.807) is 37.7 Å². The van der Waals surface area contributed by atoms with Gasteiger partial charge in [-0.1, -0.05) is 0 Å². The third-order valence-corrected chi connectivity index (χ3v) is 3.32. The molecule has 7 nitrogen and oxygen atoms in total. The van der Waals surface area contributed by atoms with Crippen LogP contribution in [0.1, 0.15) is 28.7 Å². The molecule has 0 unspecified atom stereocenters. The monoisotopic (exact) mass is 297 g/mol. The topological polar surface area (TPSA) is 82.3 Å². The lowest BCUT2D eigenvalue weighted by Crippen LogP contribution is -2.14. The van der Waals surface area contributed by atoms with Crippen molar-refractivity contribution in [3.8, 4) is 11.4 Å². The van der Waals surface area contributed by atoms with Crippen LogP contribution in [0.5, 0.6) is 0 Å². The Morgan fingerprint density at radius 2 is 1.95 bits per heavy atom. The molecule has 0 aliphatic rings. The number of hydrogen-bond donors (Lipinski definition) is 0. The summed E-state index contributed by atoms with van der Waals surface area (Å²) in [5.41, 5.74) is 2.52. The molecular weight excluding hydrogens is 282 g/mol. The largest absolute Gasteiger partial charge is 0.462 e. The molecular formula is C15H15N5O2. The van der Waals surface area contributed by atoms with Crippen molar-refractivity contribution in [3.05, 3.63) is 41.5 Å². The fourth-order valence-electron chi connectivity index (χ4n) is 2.30. The first-order chi connectivity index (χ1) is 10.6. The van der Waals surface area contributed by atoms with Crippen LogP contribution in [0.25, 0.3) is 17.2 Å². The first kappa shape index (κ1) is 14.1. The predicted molar refractivity (Wildman–Crippen MR) is 79.4 cm³/mol. The molecule has 0 fully saturated rings. The number of hydrogen-bond acceptors (Lipinski definition) is 6. The first-order valence-electron chi connectivity index (χ1n) is 6.93. The standard InChI is InChI=1S/C15H15N5O2/c1-4-22-14(21)12-9(2)17-15-18-13(19-20(15)10(12)3)11-5-7-16-8-6-11/h5-8H,4H2,1-3H3. The number of pyridine rings is 1. The highest BCUT2D eigenvalue weighted by molar-refractivity contribution is 5.92. The Balaban J connectivity index is 2.17. The average Bonchev–Trinajstić information content (AvgIpc) is 2.92. The van der Waals surface area contributed by atoms with Gasteiger partial charge in [0.1, 0.15) is 5.56 Å². The second-order valence-electron chi connectivity index (χ2n) is 4.76. The van der Waals surface area contributed by atoms with E-state index < -0.39 is 5.97 Å². The summed E-state index contributed by atoms with van der Waals surface area (Å²) in [6, 6.07) is 3.65. The number of carbonyl (C=O) groups excluding carboxylic acids is 1. The Kier molecular flexibility index (Phi) is 3.54. The molecule has 0 aliphatic heterocycles. The van der Waals surface area contributed by atoms with Crippen LogP contribution < -0.4 is 0 Å². The van der Waals surface area contributed by atoms with E-state index in [0.717, 1.165) is 5.56 Å². The molecule has 0 N–H and O–H groups in total. The summed E-state index contributed by atoms with van der Waals surface area (Å²) in [6.45, 7) is 5.65. The number of aryl methyl sites for hydroxylation is 2. The van der Waals surface area contributed by atoms with E-state index in [1.165, 1.54) is 0 Å². The zero-order valence-electron chi connectivity index (χ0n) is 12.6. The fraction of sp³-hybridized carbons (Fsp3) is 0.267. The average molecular weight is 297 g/mol. The Morgan fingerprint density at radius 1 is 1.23 bits per heavy atom. The number of esters is 1. The lowest BCUT2D eigenvalue weighted by atomic mass is 10.2. The van der Waals surface area contributed by atoms with E-state index in [4.69, 9.17) is 4.74 Å². The van der Waals surface area contributed by atoms with Crippen molar-refractivity contribution in [1.29, 1.82) is 0 Å². The quantitative estimate of drug-likeness (QED) is 0.687. The van der Waals surface area contributed by atoms with E-state index in [-0.39, 0.29) is 0 Å². The molecule has 0 bridgehead atoms. The number of fused-ring (bicyclic) bond motifs is 1. The molecule has 0 aliphatic carbocycles. The number of carbonyl (C=O) groups is 1. The molecule has 3 rings (SSSR count). The molecule has 0 radical (unpaired) electrons. The molecule has 112 valence electrons. The highest BCUT2D eigenvalue weighted by Gasteiger charge is 2.20. The van der Waals surface area contributed by atoms with E-state index >= 15 is 0 Å². The third-order valence-electron chi connectivity index (χ3n) is 3.32. The van der Waals surface area contributed by atoms with Crippen LogP contribution in [0.2, 0.25) is 0 Å². The van der Waals surface area contributed by atoms with Gasteiger partial charge in [0.2, 0.25) is 0 Å². The lowest BCUT2D eigenvalue weighted by molar-refractivity contribution is 0.0523. The minimum Gasteiger partial charge on any atom is -0.462 e. The zero-order chi connectivity index (χ0) is 15.7. The van der Waals surface area contributed by atoms with Gasteiger partial charge in [-0.3, -0.25) is 4.98 Å². The van der Waals surface area contributed by atoms with Crippen LogP contribution in [-0.2, 0) is 4.74 Å². The highest BCUT2D eigenvalue weighted by Crippen LogP contribution is 2.19. The van der Waals surface area contributed by atoms with E-state index in [9.17, 15) is 4.79 Å². The minimum atomic E-state index is -0.395.